The van der Waals surface area contributed by atoms with E-state index in [4.69, 9.17) is 11.6 Å². The van der Waals surface area contributed by atoms with Crippen LogP contribution in [0, 0.1) is 11.3 Å². The third-order valence-corrected chi connectivity index (χ3v) is 4.11. The second-order valence-electron chi connectivity index (χ2n) is 4.59. The zero-order chi connectivity index (χ0) is 10.3. The summed E-state index contributed by atoms with van der Waals surface area (Å²) in [4.78, 5) is 12.8. The van der Waals surface area contributed by atoms with E-state index in [1.807, 2.05) is 12.1 Å². The molecule has 1 aromatic rings. The molecule has 1 unspecified atom stereocenters. The van der Waals surface area contributed by atoms with Gasteiger partial charge in [0.2, 0.25) is 0 Å². The molecule has 0 radical (unpaired) electrons. The number of Topliss-reactive ketones (excluding diaryl/α,β-unsaturated/α-hetero) is 1. The molecule has 1 atom stereocenters. The van der Waals surface area contributed by atoms with Crippen molar-refractivity contribution in [3.63, 3.8) is 0 Å². The van der Waals surface area contributed by atoms with Gasteiger partial charge in [0.05, 0.1) is 4.34 Å². The number of halogens is 1. The van der Waals surface area contributed by atoms with Crippen molar-refractivity contribution in [3.8, 4) is 0 Å². The normalized spacial score (nSPS) is 23.5. The summed E-state index contributed by atoms with van der Waals surface area (Å²) >= 11 is 7.31. The second kappa shape index (κ2) is 3.35. The number of thiophene rings is 1. The van der Waals surface area contributed by atoms with Crippen molar-refractivity contribution < 1.29 is 4.79 Å². The molecule has 2 rings (SSSR count). The fraction of sp³-hybridized carbons (Fsp3) is 0.545. The average molecular weight is 229 g/mol. The van der Waals surface area contributed by atoms with E-state index >= 15 is 0 Å². The van der Waals surface area contributed by atoms with Crippen LogP contribution in [0.1, 0.15) is 25.1 Å². The Morgan fingerprint density at radius 2 is 2.29 bits per heavy atom. The lowest BCUT2D eigenvalue weighted by atomic mass is 10.0. The predicted molar refractivity (Wildman–Crippen MR) is 59.9 cm³/mol. The van der Waals surface area contributed by atoms with Crippen molar-refractivity contribution in [2.75, 3.05) is 0 Å². The second-order valence-corrected chi connectivity index (χ2v) is 6.39. The van der Waals surface area contributed by atoms with E-state index in [0.29, 0.717) is 12.2 Å². The predicted octanol–water partition coefficient (Wildman–Crippen LogP) is 3.56. The fourth-order valence-corrected chi connectivity index (χ4v) is 2.86. The Bertz CT molecular complexity index is 367. The molecule has 1 aliphatic rings. The summed E-state index contributed by atoms with van der Waals surface area (Å²) in [7, 11) is 0. The Morgan fingerprint density at radius 3 is 2.71 bits per heavy atom. The van der Waals surface area contributed by atoms with Crippen LogP contribution in [-0.2, 0) is 11.2 Å². The molecule has 0 aliphatic heterocycles. The number of hydrogen-bond acceptors (Lipinski definition) is 2. The largest absolute Gasteiger partial charge is 0.299 e. The van der Waals surface area contributed by atoms with Gasteiger partial charge in [0.25, 0.3) is 0 Å². The van der Waals surface area contributed by atoms with Gasteiger partial charge in [-0.2, -0.15) is 0 Å². The molecule has 0 bridgehead atoms. The summed E-state index contributed by atoms with van der Waals surface area (Å²) in [6.45, 7) is 4.30. The van der Waals surface area contributed by atoms with Crippen LogP contribution >= 0.6 is 22.9 Å². The molecule has 3 heteroatoms. The average Bonchev–Trinajstić information content (AvgIpc) is 2.51. The molecule has 1 aliphatic carbocycles. The molecule has 0 aromatic carbocycles. The van der Waals surface area contributed by atoms with E-state index in [-0.39, 0.29) is 11.3 Å². The molecular formula is C11H13ClOS. The fourth-order valence-electron chi connectivity index (χ4n) is 1.76. The van der Waals surface area contributed by atoms with Gasteiger partial charge in [0, 0.05) is 17.2 Å². The molecule has 14 heavy (non-hydrogen) atoms. The lowest BCUT2D eigenvalue weighted by Crippen LogP contribution is -2.08. The van der Waals surface area contributed by atoms with Crippen LogP contribution in [0.3, 0.4) is 0 Å². The van der Waals surface area contributed by atoms with Crippen LogP contribution in [0.4, 0.5) is 0 Å². The highest BCUT2D eigenvalue weighted by Gasteiger charge is 2.49. The third kappa shape index (κ3) is 2.01. The van der Waals surface area contributed by atoms with Crippen molar-refractivity contribution >= 4 is 28.7 Å². The van der Waals surface area contributed by atoms with Gasteiger partial charge < -0.3 is 0 Å². The van der Waals surface area contributed by atoms with Crippen molar-refractivity contribution in [2.24, 2.45) is 11.3 Å². The minimum absolute atomic E-state index is 0.248. The molecule has 76 valence electrons. The van der Waals surface area contributed by atoms with E-state index in [2.05, 4.69) is 13.8 Å². The van der Waals surface area contributed by atoms with E-state index in [1.165, 1.54) is 11.3 Å². The molecule has 1 heterocycles. The molecule has 1 fully saturated rings. The zero-order valence-corrected chi connectivity index (χ0v) is 9.91. The van der Waals surface area contributed by atoms with Gasteiger partial charge in [-0.05, 0) is 24.0 Å². The topological polar surface area (TPSA) is 17.1 Å². The highest BCUT2D eigenvalue weighted by Crippen LogP contribution is 2.52. The molecule has 0 amide bonds. The molecule has 1 nitrogen and oxygen atoms in total. The van der Waals surface area contributed by atoms with Gasteiger partial charge in [0.1, 0.15) is 5.78 Å². The Morgan fingerprint density at radius 1 is 1.64 bits per heavy atom. The first kappa shape index (κ1) is 10.2. The monoisotopic (exact) mass is 228 g/mol. The highest BCUT2D eigenvalue weighted by molar-refractivity contribution is 7.16. The lowest BCUT2D eigenvalue weighted by molar-refractivity contribution is -0.120. The van der Waals surface area contributed by atoms with Crippen LogP contribution in [0.25, 0.3) is 0 Å². The minimum Gasteiger partial charge on any atom is -0.299 e. The molecule has 0 N–H and O–H groups in total. The number of rotatable bonds is 3. The van der Waals surface area contributed by atoms with E-state index in [0.717, 1.165) is 15.6 Å². The van der Waals surface area contributed by atoms with Crippen LogP contribution in [0.2, 0.25) is 4.34 Å². The highest BCUT2D eigenvalue weighted by atomic mass is 35.5. The summed E-state index contributed by atoms with van der Waals surface area (Å²) in [6, 6.07) is 3.80. The first-order valence-electron chi connectivity index (χ1n) is 4.76. The first-order chi connectivity index (χ1) is 6.49. The maximum Gasteiger partial charge on any atom is 0.141 e. The SMILES string of the molecule is CC1(C)CC1C(=O)Cc1ccc(Cl)s1. The molecular weight excluding hydrogens is 216 g/mol. The smallest absolute Gasteiger partial charge is 0.141 e. The van der Waals surface area contributed by atoms with Gasteiger partial charge >= 0.3 is 0 Å². The number of hydrogen-bond donors (Lipinski definition) is 0. The van der Waals surface area contributed by atoms with Gasteiger partial charge in [-0.1, -0.05) is 25.4 Å². The molecule has 0 spiro atoms. The van der Waals surface area contributed by atoms with Crippen molar-refractivity contribution in [1.29, 1.82) is 0 Å². The summed E-state index contributed by atoms with van der Waals surface area (Å²) in [5, 5.41) is 0. The van der Waals surface area contributed by atoms with Crippen LogP contribution in [0.5, 0.6) is 0 Å². The van der Waals surface area contributed by atoms with Gasteiger partial charge in [-0.25, -0.2) is 0 Å². The molecule has 1 aromatic heterocycles. The third-order valence-electron chi connectivity index (χ3n) is 2.88. The maximum absolute atomic E-state index is 11.8. The number of ketones is 1. The lowest BCUT2D eigenvalue weighted by Gasteiger charge is -2.00. The van der Waals surface area contributed by atoms with Crippen LogP contribution in [-0.4, -0.2) is 5.78 Å². The van der Waals surface area contributed by atoms with Gasteiger partial charge in [-0.15, -0.1) is 11.3 Å². The number of carbonyl (C=O) groups excluding carboxylic acids is 1. The first-order valence-corrected chi connectivity index (χ1v) is 5.95. The molecule has 0 saturated heterocycles. The Balaban J connectivity index is 1.96. The Labute approximate surface area is 93.1 Å². The standard InChI is InChI=1S/C11H13ClOS/c1-11(2)6-8(11)9(13)5-7-3-4-10(12)14-7/h3-4,8H,5-6H2,1-2H3. The maximum atomic E-state index is 11.8. The van der Waals surface area contributed by atoms with Crippen LogP contribution < -0.4 is 0 Å². The Hall–Kier alpha value is -0.340. The van der Waals surface area contributed by atoms with E-state index in [9.17, 15) is 4.79 Å². The zero-order valence-electron chi connectivity index (χ0n) is 8.34. The number of carbonyl (C=O) groups is 1. The van der Waals surface area contributed by atoms with Gasteiger partial charge in [0.15, 0.2) is 0 Å². The van der Waals surface area contributed by atoms with Crippen molar-refractivity contribution in [1.82, 2.24) is 0 Å². The summed E-state index contributed by atoms with van der Waals surface area (Å²) in [5.74, 6) is 0.650. The van der Waals surface area contributed by atoms with Gasteiger partial charge in [-0.3, -0.25) is 4.79 Å². The summed E-state index contributed by atoms with van der Waals surface area (Å²) in [5.41, 5.74) is 0.248. The molecule has 1 saturated carbocycles. The van der Waals surface area contributed by atoms with E-state index < -0.39 is 0 Å². The quantitative estimate of drug-likeness (QED) is 0.773. The minimum atomic E-state index is 0.248. The van der Waals surface area contributed by atoms with Crippen molar-refractivity contribution in [3.05, 3.63) is 21.3 Å². The van der Waals surface area contributed by atoms with Crippen LogP contribution in [0.15, 0.2) is 12.1 Å². The van der Waals surface area contributed by atoms with E-state index in [1.54, 1.807) is 0 Å². The summed E-state index contributed by atoms with van der Waals surface area (Å²) in [6.07, 6.45) is 1.61. The summed E-state index contributed by atoms with van der Waals surface area (Å²) < 4.78 is 0.767. The van der Waals surface area contributed by atoms with Crippen molar-refractivity contribution in [2.45, 2.75) is 26.7 Å². The Kier molecular flexibility index (Phi) is 2.44.